The number of carbonyl (C=O) groups is 2. The standard InChI is InChI=1S/C26H39N3O4/c1-6-14-28(15-13-26(2,3)4)23(31)17-29-22-16-20(33-5)11-12-21(22)27-25(29)24(32)18-7-9-19(30)10-8-18/h11-12,16,18-19,30H,6-10,13-15,17H2,1-5H3. The summed E-state index contributed by atoms with van der Waals surface area (Å²) in [5.41, 5.74) is 1.54. The number of hydrogen-bond acceptors (Lipinski definition) is 5. The molecule has 2 aromatic rings. The summed E-state index contributed by atoms with van der Waals surface area (Å²) in [5, 5.41) is 9.85. The third kappa shape index (κ3) is 6.34. The molecule has 3 rings (SSSR count). The number of fused-ring (bicyclic) bond motifs is 1. The summed E-state index contributed by atoms with van der Waals surface area (Å²) in [5.74, 6) is 0.779. The fourth-order valence-corrected chi connectivity index (χ4v) is 4.43. The Morgan fingerprint density at radius 3 is 2.48 bits per heavy atom. The molecule has 1 aliphatic carbocycles. The van der Waals surface area contributed by atoms with Gasteiger partial charge in [0.25, 0.3) is 0 Å². The highest BCUT2D eigenvalue weighted by Gasteiger charge is 2.30. The third-order valence-electron chi connectivity index (χ3n) is 6.51. The number of nitrogens with zero attached hydrogens (tertiary/aromatic N) is 3. The Kier molecular flexibility index (Phi) is 8.16. The number of methoxy groups -OCH3 is 1. The number of ether oxygens (including phenoxy) is 1. The minimum absolute atomic E-state index is 0.00339. The van der Waals surface area contributed by atoms with E-state index in [9.17, 15) is 14.7 Å². The minimum atomic E-state index is -0.330. The van der Waals surface area contributed by atoms with Gasteiger partial charge in [-0.1, -0.05) is 27.7 Å². The molecule has 0 saturated heterocycles. The summed E-state index contributed by atoms with van der Waals surface area (Å²) >= 11 is 0. The summed E-state index contributed by atoms with van der Waals surface area (Å²) in [6.07, 6.45) is 4.00. The van der Waals surface area contributed by atoms with Gasteiger partial charge >= 0.3 is 0 Å². The summed E-state index contributed by atoms with van der Waals surface area (Å²) in [6.45, 7) is 10.1. The Labute approximate surface area is 197 Å². The lowest BCUT2D eigenvalue weighted by atomic mass is 9.84. The van der Waals surface area contributed by atoms with Gasteiger partial charge in [0.1, 0.15) is 12.3 Å². The summed E-state index contributed by atoms with van der Waals surface area (Å²) in [7, 11) is 1.60. The summed E-state index contributed by atoms with van der Waals surface area (Å²) in [4.78, 5) is 33.4. The zero-order valence-corrected chi connectivity index (χ0v) is 20.8. The molecule has 1 aromatic heterocycles. The molecule has 182 valence electrons. The quantitative estimate of drug-likeness (QED) is 0.562. The van der Waals surface area contributed by atoms with E-state index in [1.54, 1.807) is 11.7 Å². The Hall–Kier alpha value is -2.41. The molecule has 0 spiro atoms. The van der Waals surface area contributed by atoms with Crippen molar-refractivity contribution in [3.8, 4) is 5.75 Å². The maximum Gasteiger partial charge on any atom is 0.242 e. The molecule has 1 fully saturated rings. The second-order valence-corrected chi connectivity index (χ2v) is 10.4. The number of carbonyl (C=O) groups excluding carboxylic acids is 2. The molecule has 1 heterocycles. The summed E-state index contributed by atoms with van der Waals surface area (Å²) in [6, 6.07) is 5.50. The van der Waals surface area contributed by atoms with Crippen LogP contribution < -0.4 is 4.74 Å². The predicted molar refractivity (Wildman–Crippen MR) is 130 cm³/mol. The van der Waals surface area contributed by atoms with Crippen molar-refractivity contribution in [3.63, 3.8) is 0 Å². The normalized spacial score (nSPS) is 19.0. The van der Waals surface area contributed by atoms with E-state index in [4.69, 9.17) is 4.74 Å². The number of aliphatic hydroxyl groups is 1. The lowest BCUT2D eigenvalue weighted by molar-refractivity contribution is -0.132. The molecular weight excluding hydrogens is 418 g/mol. The highest BCUT2D eigenvalue weighted by Crippen LogP contribution is 2.30. The maximum absolute atomic E-state index is 13.5. The Morgan fingerprint density at radius 1 is 1.18 bits per heavy atom. The number of rotatable bonds is 9. The van der Waals surface area contributed by atoms with E-state index in [1.807, 2.05) is 23.1 Å². The smallest absolute Gasteiger partial charge is 0.242 e. The average molecular weight is 458 g/mol. The zero-order valence-electron chi connectivity index (χ0n) is 20.8. The molecule has 0 bridgehead atoms. The first kappa shape index (κ1) is 25.2. The molecule has 0 atom stereocenters. The van der Waals surface area contributed by atoms with E-state index < -0.39 is 0 Å². The van der Waals surface area contributed by atoms with Crippen LogP contribution in [0.1, 0.15) is 76.8 Å². The topological polar surface area (TPSA) is 84.7 Å². The van der Waals surface area contributed by atoms with Gasteiger partial charge in [-0.3, -0.25) is 9.59 Å². The summed E-state index contributed by atoms with van der Waals surface area (Å²) < 4.78 is 7.16. The Bertz CT molecular complexity index is 968. The number of aliphatic hydroxyl groups excluding tert-OH is 1. The van der Waals surface area contributed by atoms with Crippen LogP contribution in [0.25, 0.3) is 11.0 Å². The SMILES string of the molecule is CCCN(CCC(C)(C)C)C(=O)Cn1c(C(=O)C2CCC(O)CC2)nc2ccc(OC)cc21. The number of ketones is 1. The predicted octanol–water partition coefficient (Wildman–Crippen LogP) is 4.45. The van der Waals surface area contributed by atoms with Gasteiger partial charge in [0, 0.05) is 25.1 Å². The molecule has 1 saturated carbocycles. The lowest BCUT2D eigenvalue weighted by Crippen LogP contribution is -2.37. The van der Waals surface area contributed by atoms with Gasteiger partial charge < -0.3 is 19.3 Å². The van der Waals surface area contributed by atoms with Crippen LogP contribution >= 0.6 is 0 Å². The fraction of sp³-hybridized carbons (Fsp3) is 0.654. The van der Waals surface area contributed by atoms with Crippen molar-refractivity contribution in [1.82, 2.24) is 14.5 Å². The van der Waals surface area contributed by atoms with Crippen molar-refractivity contribution in [2.24, 2.45) is 11.3 Å². The van der Waals surface area contributed by atoms with Crippen LogP contribution in [-0.2, 0) is 11.3 Å². The number of Topliss-reactive ketones (excluding diaryl/α,β-unsaturated/α-hetero) is 1. The molecule has 7 nitrogen and oxygen atoms in total. The van der Waals surface area contributed by atoms with E-state index in [0.717, 1.165) is 18.4 Å². The first-order valence-corrected chi connectivity index (χ1v) is 12.2. The zero-order chi connectivity index (χ0) is 24.2. The first-order valence-electron chi connectivity index (χ1n) is 12.2. The first-order chi connectivity index (χ1) is 15.6. The van der Waals surface area contributed by atoms with Gasteiger partial charge in [-0.2, -0.15) is 0 Å². The Morgan fingerprint density at radius 2 is 1.88 bits per heavy atom. The van der Waals surface area contributed by atoms with Gasteiger partial charge in [-0.05, 0) is 56.1 Å². The van der Waals surface area contributed by atoms with Gasteiger partial charge in [0.05, 0.1) is 24.2 Å². The van der Waals surface area contributed by atoms with Gasteiger partial charge in [-0.25, -0.2) is 4.98 Å². The largest absolute Gasteiger partial charge is 0.497 e. The molecule has 1 aromatic carbocycles. The molecule has 33 heavy (non-hydrogen) atoms. The van der Waals surface area contributed by atoms with Crippen LogP contribution in [0.3, 0.4) is 0 Å². The van der Waals surface area contributed by atoms with Gasteiger partial charge in [0.2, 0.25) is 11.7 Å². The monoisotopic (exact) mass is 457 g/mol. The van der Waals surface area contributed by atoms with Crippen molar-refractivity contribution < 1.29 is 19.4 Å². The van der Waals surface area contributed by atoms with E-state index in [0.29, 0.717) is 55.9 Å². The van der Waals surface area contributed by atoms with Crippen LogP contribution in [-0.4, -0.2) is 57.6 Å². The van der Waals surface area contributed by atoms with Crippen LogP contribution in [0.15, 0.2) is 18.2 Å². The van der Waals surface area contributed by atoms with Crippen molar-refractivity contribution in [1.29, 1.82) is 0 Å². The molecule has 1 amide bonds. The van der Waals surface area contributed by atoms with E-state index in [1.165, 1.54) is 0 Å². The number of amides is 1. The third-order valence-corrected chi connectivity index (χ3v) is 6.51. The fourth-order valence-electron chi connectivity index (χ4n) is 4.43. The lowest BCUT2D eigenvalue weighted by Gasteiger charge is -2.27. The Balaban J connectivity index is 1.93. The van der Waals surface area contributed by atoms with Crippen molar-refractivity contribution >= 4 is 22.7 Å². The van der Waals surface area contributed by atoms with E-state index in [2.05, 4.69) is 32.7 Å². The number of benzene rings is 1. The van der Waals surface area contributed by atoms with Crippen molar-refractivity contribution in [3.05, 3.63) is 24.0 Å². The second kappa shape index (κ2) is 10.7. The van der Waals surface area contributed by atoms with Crippen molar-refractivity contribution in [2.45, 2.75) is 78.9 Å². The molecule has 0 unspecified atom stereocenters. The molecule has 1 aliphatic rings. The van der Waals surface area contributed by atoms with Crippen LogP contribution in [0.2, 0.25) is 0 Å². The van der Waals surface area contributed by atoms with Crippen LogP contribution in [0.4, 0.5) is 0 Å². The maximum atomic E-state index is 13.5. The number of hydrogen-bond donors (Lipinski definition) is 1. The van der Waals surface area contributed by atoms with Crippen LogP contribution in [0, 0.1) is 11.3 Å². The molecule has 1 N–H and O–H groups in total. The highest BCUT2D eigenvalue weighted by molar-refractivity contribution is 5.99. The van der Waals surface area contributed by atoms with Gasteiger partial charge in [-0.15, -0.1) is 0 Å². The number of aromatic nitrogens is 2. The van der Waals surface area contributed by atoms with Gasteiger partial charge in [0.15, 0.2) is 5.82 Å². The second-order valence-electron chi connectivity index (χ2n) is 10.4. The van der Waals surface area contributed by atoms with E-state index >= 15 is 0 Å². The van der Waals surface area contributed by atoms with Crippen LogP contribution in [0.5, 0.6) is 5.75 Å². The molecule has 0 aliphatic heterocycles. The molecule has 0 radical (unpaired) electrons. The highest BCUT2D eigenvalue weighted by atomic mass is 16.5. The number of imidazole rings is 1. The average Bonchev–Trinajstić information content (AvgIpc) is 3.13. The molecule has 7 heteroatoms. The van der Waals surface area contributed by atoms with E-state index in [-0.39, 0.29) is 35.7 Å². The minimum Gasteiger partial charge on any atom is -0.497 e. The van der Waals surface area contributed by atoms with Crippen molar-refractivity contribution in [2.75, 3.05) is 20.2 Å². The molecular formula is C26H39N3O4.